The summed E-state index contributed by atoms with van der Waals surface area (Å²) >= 11 is 0. The van der Waals surface area contributed by atoms with Gasteiger partial charge in [-0.1, -0.05) is 11.2 Å². The predicted molar refractivity (Wildman–Crippen MR) is 148 cm³/mol. The van der Waals surface area contributed by atoms with Gasteiger partial charge in [-0.15, -0.1) is 0 Å². The quantitative estimate of drug-likeness (QED) is 0.523. The molecule has 1 aromatic carbocycles. The van der Waals surface area contributed by atoms with Crippen LogP contribution >= 0.6 is 0 Å². The first-order chi connectivity index (χ1) is 18.9. The Morgan fingerprint density at radius 2 is 1.82 bits per heavy atom. The van der Waals surface area contributed by atoms with Crippen molar-refractivity contribution in [1.82, 2.24) is 10.1 Å². The van der Waals surface area contributed by atoms with E-state index in [-0.39, 0.29) is 28.5 Å². The number of rotatable bonds is 7. The van der Waals surface area contributed by atoms with Gasteiger partial charge in [-0.05, 0) is 95.8 Å². The fourth-order valence-corrected chi connectivity index (χ4v) is 7.92. The molecule has 2 aromatic rings. The monoisotopic (exact) mass is 552 g/mol. The molecule has 6 aliphatic rings. The minimum absolute atomic E-state index is 0.0235. The van der Waals surface area contributed by atoms with Crippen molar-refractivity contribution in [1.29, 1.82) is 0 Å². The van der Waals surface area contributed by atoms with Crippen molar-refractivity contribution in [3.63, 3.8) is 0 Å². The Morgan fingerprint density at radius 3 is 2.38 bits per heavy atom. The van der Waals surface area contributed by atoms with Crippen molar-refractivity contribution >= 4 is 17.3 Å². The number of alkyl halides is 1. The summed E-state index contributed by atoms with van der Waals surface area (Å²) < 4.78 is 25.2. The molecule has 8 nitrogen and oxygen atoms in total. The molecule has 216 valence electrons. The number of amides is 1. The van der Waals surface area contributed by atoms with Gasteiger partial charge in [0, 0.05) is 42.3 Å². The Kier molecular flexibility index (Phi) is 5.77. The Labute approximate surface area is 235 Å². The van der Waals surface area contributed by atoms with E-state index in [1.165, 1.54) is 13.8 Å². The van der Waals surface area contributed by atoms with Crippen molar-refractivity contribution in [2.24, 2.45) is 16.7 Å². The maximum absolute atomic E-state index is 14.4. The minimum Gasteiger partial charge on any atom is -0.390 e. The smallest absolute Gasteiger partial charge is 0.263 e. The van der Waals surface area contributed by atoms with E-state index in [1.807, 2.05) is 11.8 Å². The standard InChI is InChI=1S/C31H41FN4O4/c1-27(2,32)26-33-25(34-40-26)31-10-7-29(8-11-31,9-12-31)18-36(24(37)21-14-28(3,38)15-21)23-6-4-5-22(13-23)35-16-30(17-35)19-39-20-30/h4-6,13,21,38H,7-12,14-20H2,1-3H3/t21-,28+,29?,31?. The van der Waals surface area contributed by atoms with Crippen LogP contribution in [0.5, 0.6) is 0 Å². The first-order valence-corrected chi connectivity index (χ1v) is 14.9. The van der Waals surface area contributed by atoms with Crippen molar-refractivity contribution in [2.45, 2.75) is 88.8 Å². The molecule has 4 aliphatic carbocycles. The second-order valence-corrected chi connectivity index (χ2v) is 14.6. The van der Waals surface area contributed by atoms with Gasteiger partial charge in [-0.25, -0.2) is 4.39 Å². The summed E-state index contributed by atoms with van der Waals surface area (Å²) in [5, 5.41) is 14.6. The Morgan fingerprint density at radius 1 is 1.15 bits per heavy atom. The summed E-state index contributed by atoms with van der Waals surface area (Å²) in [5.74, 6) is 0.664. The fourth-order valence-electron chi connectivity index (χ4n) is 7.92. The third kappa shape index (κ3) is 4.35. The van der Waals surface area contributed by atoms with Crippen LogP contribution in [0.4, 0.5) is 15.8 Å². The number of nitrogens with zero attached hydrogens (tertiary/aromatic N) is 4. The van der Waals surface area contributed by atoms with E-state index >= 15 is 0 Å². The van der Waals surface area contributed by atoms with Gasteiger partial charge >= 0.3 is 0 Å². The molecule has 2 saturated heterocycles. The first-order valence-electron chi connectivity index (χ1n) is 14.9. The van der Waals surface area contributed by atoms with Crippen molar-refractivity contribution in [2.75, 3.05) is 42.6 Å². The average Bonchev–Trinajstić information content (AvgIpc) is 3.37. The minimum atomic E-state index is -1.65. The van der Waals surface area contributed by atoms with Crippen LogP contribution < -0.4 is 9.80 Å². The van der Waals surface area contributed by atoms with Crippen LogP contribution in [-0.4, -0.2) is 59.6 Å². The number of aliphatic hydroxyl groups is 1. The maximum atomic E-state index is 14.4. The van der Waals surface area contributed by atoms with Gasteiger partial charge in [-0.2, -0.15) is 4.98 Å². The lowest BCUT2D eigenvalue weighted by Crippen LogP contribution is -2.66. The molecule has 9 heteroatoms. The number of hydrogen-bond acceptors (Lipinski definition) is 7. The van der Waals surface area contributed by atoms with Crippen LogP contribution in [0.25, 0.3) is 0 Å². The number of hydrogen-bond donors (Lipinski definition) is 1. The van der Waals surface area contributed by atoms with Crippen LogP contribution in [0.3, 0.4) is 0 Å². The summed E-state index contributed by atoms with van der Waals surface area (Å²) in [7, 11) is 0. The number of aromatic nitrogens is 2. The number of carbonyl (C=O) groups excluding carboxylic acids is 1. The highest BCUT2D eigenvalue weighted by molar-refractivity contribution is 5.96. The number of ether oxygens (including phenoxy) is 1. The zero-order valence-corrected chi connectivity index (χ0v) is 23.9. The number of halogens is 1. The molecule has 6 fully saturated rings. The first kappa shape index (κ1) is 26.4. The maximum Gasteiger partial charge on any atom is 0.263 e. The van der Waals surface area contributed by atoms with Gasteiger partial charge in [0.05, 0.1) is 24.2 Å². The summed E-state index contributed by atoms with van der Waals surface area (Å²) in [6, 6.07) is 8.44. The van der Waals surface area contributed by atoms with Crippen LogP contribution in [0.2, 0.25) is 0 Å². The number of benzene rings is 1. The van der Waals surface area contributed by atoms with Crippen molar-refractivity contribution in [3.05, 3.63) is 36.0 Å². The highest BCUT2D eigenvalue weighted by Gasteiger charge is 2.54. The van der Waals surface area contributed by atoms with E-state index in [4.69, 9.17) is 9.26 Å². The number of anilines is 2. The van der Waals surface area contributed by atoms with E-state index in [0.29, 0.717) is 30.6 Å². The van der Waals surface area contributed by atoms with Gasteiger partial charge in [0.15, 0.2) is 11.5 Å². The van der Waals surface area contributed by atoms with Gasteiger partial charge in [0.2, 0.25) is 5.91 Å². The molecule has 1 aromatic heterocycles. The molecular weight excluding hydrogens is 511 g/mol. The molecule has 1 N–H and O–H groups in total. The van der Waals surface area contributed by atoms with Gasteiger partial charge in [0.1, 0.15) is 0 Å². The molecule has 3 heterocycles. The largest absolute Gasteiger partial charge is 0.390 e. The number of fused-ring (bicyclic) bond motifs is 3. The van der Waals surface area contributed by atoms with E-state index in [0.717, 1.165) is 76.2 Å². The molecule has 2 bridgehead atoms. The van der Waals surface area contributed by atoms with Crippen molar-refractivity contribution < 1.29 is 23.6 Å². The fraction of sp³-hybridized carbons (Fsp3) is 0.710. The Bertz CT molecular complexity index is 1270. The lowest BCUT2D eigenvalue weighted by Gasteiger charge is -2.56. The zero-order valence-electron chi connectivity index (χ0n) is 23.9. The van der Waals surface area contributed by atoms with E-state index < -0.39 is 11.3 Å². The molecule has 2 aliphatic heterocycles. The lowest BCUT2D eigenvalue weighted by atomic mass is 9.53. The normalized spacial score (nSPS) is 34.2. The molecule has 1 spiro atoms. The second-order valence-electron chi connectivity index (χ2n) is 14.6. The van der Waals surface area contributed by atoms with E-state index in [2.05, 4.69) is 39.3 Å². The highest BCUT2D eigenvalue weighted by Crippen LogP contribution is 2.58. The summed E-state index contributed by atoms with van der Waals surface area (Å²) in [6.45, 7) is 9.07. The molecule has 0 atom stereocenters. The van der Waals surface area contributed by atoms with Crippen LogP contribution in [-0.2, 0) is 20.6 Å². The van der Waals surface area contributed by atoms with Crippen LogP contribution in [0.1, 0.15) is 83.9 Å². The van der Waals surface area contributed by atoms with Gasteiger partial charge in [0.25, 0.3) is 5.89 Å². The third-order valence-corrected chi connectivity index (χ3v) is 10.7. The molecule has 8 rings (SSSR count). The SMILES string of the molecule is CC(C)(F)c1nc(C23CCC(CN(c4cccc(N5CC6(COC6)C5)c4)C(=O)[C@H]4C[C@@](C)(O)C4)(CC2)CC3)no1. The van der Waals surface area contributed by atoms with E-state index in [9.17, 15) is 14.3 Å². The van der Waals surface area contributed by atoms with Gasteiger partial charge < -0.3 is 24.2 Å². The summed E-state index contributed by atoms with van der Waals surface area (Å²) in [5.41, 5.74) is -0.136. The number of carbonyl (C=O) groups is 1. The van der Waals surface area contributed by atoms with Crippen LogP contribution in [0.15, 0.2) is 28.8 Å². The molecular formula is C31H41FN4O4. The average molecular weight is 553 g/mol. The van der Waals surface area contributed by atoms with Gasteiger partial charge in [-0.3, -0.25) is 4.79 Å². The third-order valence-electron chi connectivity index (χ3n) is 10.7. The molecule has 0 unspecified atom stereocenters. The molecule has 40 heavy (non-hydrogen) atoms. The summed E-state index contributed by atoms with van der Waals surface area (Å²) in [4.78, 5) is 22.9. The molecule has 0 radical (unpaired) electrons. The summed E-state index contributed by atoms with van der Waals surface area (Å²) in [6.07, 6.45) is 6.67. The van der Waals surface area contributed by atoms with Crippen LogP contribution in [0, 0.1) is 16.7 Å². The predicted octanol–water partition coefficient (Wildman–Crippen LogP) is 4.90. The topological polar surface area (TPSA) is 91.9 Å². The Balaban J connectivity index is 1.11. The lowest BCUT2D eigenvalue weighted by molar-refractivity contribution is -0.137. The second kappa shape index (κ2) is 8.74. The Hall–Kier alpha value is -2.52. The molecule has 4 saturated carbocycles. The van der Waals surface area contributed by atoms with Crippen molar-refractivity contribution in [3.8, 4) is 0 Å². The zero-order chi connectivity index (χ0) is 28.0. The highest BCUT2D eigenvalue weighted by atomic mass is 19.1. The molecule has 1 amide bonds. The van der Waals surface area contributed by atoms with E-state index in [1.54, 1.807) is 0 Å².